The van der Waals surface area contributed by atoms with Crippen LogP contribution >= 0.6 is 27.3 Å². The van der Waals surface area contributed by atoms with Gasteiger partial charge in [-0.3, -0.25) is 4.79 Å². The van der Waals surface area contributed by atoms with Crippen LogP contribution in [0.25, 0.3) is 6.08 Å². The molecule has 1 aliphatic carbocycles. The molecule has 0 atom stereocenters. The van der Waals surface area contributed by atoms with E-state index >= 15 is 0 Å². The maximum atomic E-state index is 13.8. The van der Waals surface area contributed by atoms with Gasteiger partial charge in [0.1, 0.15) is 40.9 Å². The molecule has 4 rings (SSSR count). The molecule has 34 heavy (non-hydrogen) atoms. The van der Waals surface area contributed by atoms with Crippen LogP contribution in [0.3, 0.4) is 0 Å². The van der Waals surface area contributed by atoms with Gasteiger partial charge in [0, 0.05) is 10.4 Å². The minimum absolute atomic E-state index is 0.0678. The number of rotatable bonds is 6. The summed E-state index contributed by atoms with van der Waals surface area (Å²) < 4.78 is 20.1. The number of nitriles is 2. The molecule has 0 unspecified atom stereocenters. The monoisotopic (exact) mass is 535 g/mol. The molecule has 1 heterocycles. The summed E-state index contributed by atoms with van der Waals surface area (Å²) in [7, 11) is 0. The Morgan fingerprint density at radius 1 is 1.21 bits per heavy atom. The van der Waals surface area contributed by atoms with Crippen LogP contribution in [-0.2, 0) is 24.2 Å². The average Bonchev–Trinajstić information content (AvgIpc) is 3.19. The minimum Gasteiger partial charge on any atom is -0.488 e. The third kappa shape index (κ3) is 5.20. The van der Waals surface area contributed by atoms with Gasteiger partial charge < -0.3 is 10.1 Å². The highest BCUT2D eigenvalue weighted by Crippen LogP contribution is 2.38. The predicted molar refractivity (Wildman–Crippen MR) is 133 cm³/mol. The Morgan fingerprint density at radius 3 is 2.74 bits per heavy atom. The Balaban J connectivity index is 1.49. The van der Waals surface area contributed by atoms with Gasteiger partial charge in [-0.2, -0.15) is 10.5 Å². The Morgan fingerprint density at radius 2 is 2.00 bits per heavy atom. The molecule has 0 aliphatic heterocycles. The number of amides is 1. The van der Waals surface area contributed by atoms with Gasteiger partial charge in [-0.1, -0.05) is 24.3 Å². The van der Waals surface area contributed by atoms with Gasteiger partial charge in [0.05, 0.1) is 10.0 Å². The number of benzene rings is 2. The second kappa shape index (κ2) is 10.6. The number of carbonyl (C=O) groups excluding carboxylic acids is 1. The van der Waals surface area contributed by atoms with Gasteiger partial charge in [-0.25, -0.2) is 4.39 Å². The minimum atomic E-state index is -0.561. The number of nitrogens with zero attached hydrogens (tertiary/aromatic N) is 2. The van der Waals surface area contributed by atoms with Gasteiger partial charge in [-0.05, 0) is 77.0 Å². The van der Waals surface area contributed by atoms with Crippen molar-refractivity contribution in [2.75, 3.05) is 5.32 Å². The van der Waals surface area contributed by atoms with Crippen molar-refractivity contribution in [1.29, 1.82) is 10.5 Å². The molecular formula is C26H19BrFN3O2S. The van der Waals surface area contributed by atoms with Crippen LogP contribution < -0.4 is 10.1 Å². The molecule has 0 bridgehead atoms. The summed E-state index contributed by atoms with van der Waals surface area (Å²) in [5.41, 5.74) is 2.50. The van der Waals surface area contributed by atoms with E-state index in [1.807, 2.05) is 6.07 Å². The lowest BCUT2D eigenvalue weighted by Gasteiger charge is -2.10. The van der Waals surface area contributed by atoms with Crippen molar-refractivity contribution in [2.24, 2.45) is 0 Å². The first kappa shape index (κ1) is 23.7. The highest BCUT2D eigenvalue weighted by Gasteiger charge is 2.22. The van der Waals surface area contributed by atoms with Gasteiger partial charge in [-0.15, -0.1) is 11.3 Å². The third-order valence-electron chi connectivity index (χ3n) is 5.48. The molecule has 1 amide bonds. The van der Waals surface area contributed by atoms with Crippen LogP contribution in [0, 0.1) is 28.5 Å². The molecule has 0 radical (unpaired) electrons. The normalized spacial score (nSPS) is 12.9. The number of fused-ring (bicyclic) bond motifs is 1. The first-order chi connectivity index (χ1) is 16.5. The van der Waals surface area contributed by atoms with Gasteiger partial charge >= 0.3 is 0 Å². The standard InChI is InChI=1S/C26H19BrFN3O2S/c27-21-12-16(9-10-23(21)33-15-17-5-1-3-7-22(17)28)11-18(13-29)25(32)31-26-20(14-30)19-6-2-4-8-24(19)34-26/h1,3,5,7,9-12H,2,4,6,8,15H2,(H,31,32). The molecule has 1 N–H and O–H groups in total. The molecule has 3 aromatic rings. The van der Waals surface area contributed by atoms with Crippen molar-refractivity contribution in [1.82, 2.24) is 0 Å². The van der Waals surface area contributed by atoms with Crippen molar-refractivity contribution in [3.05, 3.63) is 85.5 Å². The number of hydrogen-bond acceptors (Lipinski definition) is 5. The summed E-state index contributed by atoms with van der Waals surface area (Å²) in [6, 6.07) is 15.6. The topological polar surface area (TPSA) is 85.9 Å². The number of thiophene rings is 1. The van der Waals surface area contributed by atoms with E-state index in [1.54, 1.807) is 36.4 Å². The Hall–Kier alpha value is -3.46. The van der Waals surface area contributed by atoms with E-state index < -0.39 is 5.91 Å². The number of hydrogen-bond donors (Lipinski definition) is 1. The molecule has 1 aliphatic rings. The highest BCUT2D eigenvalue weighted by atomic mass is 79.9. The lowest BCUT2D eigenvalue weighted by molar-refractivity contribution is -0.112. The van der Waals surface area contributed by atoms with Crippen molar-refractivity contribution in [2.45, 2.75) is 32.3 Å². The molecule has 0 saturated carbocycles. The summed E-state index contributed by atoms with van der Waals surface area (Å²) in [4.78, 5) is 13.9. The third-order valence-corrected chi connectivity index (χ3v) is 7.31. The first-order valence-electron chi connectivity index (χ1n) is 10.6. The zero-order valence-corrected chi connectivity index (χ0v) is 20.4. The molecule has 5 nitrogen and oxygen atoms in total. The Bertz CT molecular complexity index is 1370. The number of anilines is 1. The maximum absolute atomic E-state index is 13.8. The fourth-order valence-electron chi connectivity index (χ4n) is 3.75. The largest absolute Gasteiger partial charge is 0.488 e. The summed E-state index contributed by atoms with van der Waals surface area (Å²) in [6.45, 7) is 0.0678. The van der Waals surface area contributed by atoms with Gasteiger partial charge in [0.15, 0.2) is 0 Å². The lowest BCUT2D eigenvalue weighted by Crippen LogP contribution is -2.13. The van der Waals surface area contributed by atoms with E-state index in [1.165, 1.54) is 23.5 Å². The quantitative estimate of drug-likeness (QED) is 0.287. The van der Waals surface area contributed by atoms with Crippen molar-refractivity contribution < 1.29 is 13.9 Å². The second-order valence-electron chi connectivity index (χ2n) is 7.72. The number of ether oxygens (including phenoxy) is 1. The number of carbonyl (C=O) groups is 1. The highest BCUT2D eigenvalue weighted by molar-refractivity contribution is 9.10. The van der Waals surface area contributed by atoms with Gasteiger partial charge in [0.25, 0.3) is 5.91 Å². The number of aryl methyl sites for hydroxylation is 1. The van der Waals surface area contributed by atoms with E-state index in [0.29, 0.717) is 31.9 Å². The van der Waals surface area contributed by atoms with Crippen LogP contribution in [0.1, 0.15) is 40.0 Å². The SMILES string of the molecule is N#CC(=Cc1ccc(OCc2ccccc2F)c(Br)c1)C(=O)Nc1sc2c(c1C#N)CCCC2. The van der Waals surface area contributed by atoms with E-state index in [4.69, 9.17) is 4.74 Å². The van der Waals surface area contributed by atoms with E-state index in [-0.39, 0.29) is 18.0 Å². The molecule has 8 heteroatoms. The van der Waals surface area contributed by atoms with Crippen molar-refractivity contribution >= 4 is 44.3 Å². The molecular weight excluding hydrogens is 517 g/mol. The first-order valence-corrected chi connectivity index (χ1v) is 12.2. The zero-order valence-electron chi connectivity index (χ0n) is 18.0. The molecule has 2 aromatic carbocycles. The van der Waals surface area contributed by atoms with Crippen molar-refractivity contribution in [3.63, 3.8) is 0 Å². The van der Waals surface area contributed by atoms with E-state index in [9.17, 15) is 19.7 Å². The second-order valence-corrected chi connectivity index (χ2v) is 9.68. The smallest absolute Gasteiger partial charge is 0.266 e. The fourth-order valence-corrected chi connectivity index (χ4v) is 5.50. The summed E-state index contributed by atoms with van der Waals surface area (Å²) >= 11 is 4.84. The maximum Gasteiger partial charge on any atom is 0.266 e. The summed E-state index contributed by atoms with van der Waals surface area (Å²) in [5, 5.41) is 22.4. The van der Waals surface area contributed by atoms with Crippen LogP contribution in [0.5, 0.6) is 5.75 Å². The molecule has 1 aromatic heterocycles. The predicted octanol–water partition coefficient (Wildman–Crippen LogP) is 6.52. The van der Waals surface area contributed by atoms with Crippen molar-refractivity contribution in [3.8, 4) is 17.9 Å². The Labute approximate surface area is 209 Å². The van der Waals surface area contributed by atoms with Crippen LogP contribution in [-0.4, -0.2) is 5.91 Å². The van der Waals surface area contributed by atoms with Gasteiger partial charge in [0.2, 0.25) is 0 Å². The zero-order chi connectivity index (χ0) is 24.1. The molecule has 0 fully saturated rings. The summed E-state index contributed by atoms with van der Waals surface area (Å²) in [5.74, 6) is -0.395. The molecule has 0 saturated heterocycles. The summed E-state index contributed by atoms with van der Waals surface area (Å²) in [6.07, 6.45) is 5.32. The molecule has 0 spiro atoms. The average molecular weight is 536 g/mol. The van der Waals surface area contributed by atoms with Crippen LogP contribution in [0.4, 0.5) is 9.39 Å². The number of halogens is 2. The van der Waals surface area contributed by atoms with Crippen LogP contribution in [0.15, 0.2) is 52.5 Å². The lowest BCUT2D eigenvalue weighted by atomic mass is 9.96. The van der Waals surface area contributed by atoms with E-state index in [2.05, 4.69) is 27.3 Å². The van der Waals surface area contributed by atoms with Crippen LogP contribution in [0.2, 0.25) is 0 Å². The fraction of sp³-hybridized carbons (Fsp3) is 0.192. The van der Waals surface area contributed by atoms with E-state index in [0.717, 1.165) is 36.1 Å². The molecule has 170 valence electrons. The Kier molecular flexibility index (Phi) is 7.42. The number of nitrogens with one attached hydrogen (secondary N) is 1.